The molecule has 96 valence electrons. The molecule has 17 heavy (non-hydrogen) atoms. The van der Waals surface area contributed by atoms with E-state index < -0.39 is 0 Å². The monoisotopic (exact) mass is 237 g/mol. The zero-order chi connectivity index (χ0) is 13.1. The molecule has 0 atom stereocenters. The van der Waals surface area contributed by atoms with Crippen LogP contribution in [0.1, 0.15) is 19.7 Å². The third-order valence-electron chi connectivity index (χ3n) is 2.35. The lowest BCUT2D eigenvalue weighted by Crippen LogP contribution is -2.34. The van der Waals surface area contributed by atoms with Crippen LogP contribution in [0.3, 0.4) is 0 Å². The van der Waals surface area contributed by atoms with Crippen LogP contribution in [0, 0.1) is 12.3 Å². The van der Waals surface area contributed by atoms with Crippen molar-refractivity contribution in [3.8, 4) is 0 Å². The highest BCUT2D eigenvalue weighted by Crippen LogP contribution is 2.17. The second kappa shape index (κ2) is 5.31. The summed E-state index contributed by atoms with van der Waals surface area (Å²) < 4.78 is 0. The molecule has 0 aliphatic rings. The first kappa shape index (κ1) is 13.7. The van der Waals surface area contributed by atoms with E-state index >= 15 is 0 Å². The Balaban J connectivity index is 2.60. The molecule has 1 aromatic heterocycles. The van der Waals surface area contributed by atoms with E-state index in [1.165, 1.54) is 0 Å². The molecule has 0 bridgehead atoms. The number of aryl methyl sites for hydroxylation is 1. The van der Waals surface area contributed by atoms with Gasteiger partial charge >= 0.3 is 0 Å². The molecule has 1 aromatic rings. The van der Waals surface area contributed by atoms with Crippen molar-refractivity contribution < 1.29 is 0 Å². The summed E-state index contributed by atoms with van der Waals surface area (Å²) >= 11 is 0. The Morgan fingerprint density at radius 3 is 2.53 bits per heavy atom. The SMILES string of the molecule is Cc1nc(N)cc(NCC(C)(C)CN(C)C)n1. The second-order valence-electron chi connectivity index (χ2n) is 5.48. The van der Waals surface area contributed by atoms with Gasteiger partial charge in [-0.25, -0.2) is 9.97 Å². The first-order chi connectivity index (χ1) is 7.78. The van der Waals surface area contributed by atoms with Crippen molar-refractivity contribution in [2.75, 3.05) is 38.2 Å². The van der Waals surface area contributed by atoms with E-state index in [1.807, 2.05) is 6.92 Å². The van der Waals surface area contributed by atoms with E-state index in [9.17, 15) is 0 Å². The van der Waals surface area contributed by atoms with Gasteiger partial charge in [0.25, 0.3) is 0 Å². The number of hydrogen-bond acceptors (Lipinski definition) is 5. The van der Waals surface area contributed by atoms with Crippen LogP contribution in [-0.2, 0) is 0 Å². The van der Waals surface area contributed by atoms with Gasteiger partial charge in [0.15, 0.2) is 0 Å². The standard InChI is InChI=1S/C12H23N5/c1-9-15-10(13)6-11(16-9)14-7-12(2,3)8-17(4)5/h6H,7-8H2,1-5H3,(H3,13,14,15,16). The molecule has 0 amide bonds. The molecule has 5 nitrogen and oxygen atoms in total. The summed E-state index contributed by atoms with van der Waals surface area (Å²) in [6.45, 7) is 8.14. The molecular weight excluding hydrogens is 214 g/mol. The quantitative estimate of drug-likeness (QED) is 0.809. The highest BCUT2D eigenvalue weighted by Gasteiger charge is 2.18. The van der Waals surface area contributed by atoms with Crippen LogP contribution in [0.25, 0.3) is 0 Å². The Morgan fingerprint density at radius 2 is 2.00 bits per heavy atom. The fraction of sp³-hybridized carbons (Fsp3) is 0.667. The summed E-state index contributed by atoms with van der Waals surface area (Å²) in [5.41, 5.74) is 5.86. The lowest BCUT2D eigenvalue weighted by Gasteiger charge is -2.28. The van der Waals surface area contributed by atoms with Gasteiger partial charge < -0.3 is 16.0 Å². The second-order valence-corrected chi connectivity index (χ2v) is 5.48. The van der Waals surface area contributed by atoms with Crippen LogP contribution >= 0.6 is 0 Å². The Morgan fingerprint density at radius 1 is 1.35 bits per heavy atom. The first-order valence-electron chi connectivity index (χ1n) is 5.78. The van der Waals surface area contributed by atoms with E-state index in [1.54, 1.807) is 6.07 Å². The molecule has 3 N–H and O–H groups in total. The van der Waals surface area contributed by atoms with Gasteiger partial charge in [-0.05, 0) is 26.4 Å². The fourth-order valence-corrected chi connectivity index (χ4v) is 1.92. The lowest BCUT2D eigenvalue weighted by atomic mass is 9.93. The number of hydrogen-bond donors (Lipinski definition) is 2. The molecule has 0 saturated carbocycles. The van der Waals surface area contributed by atoms with Gasteiger partial charge in [-0.2, -0.15) is 0 Å². The average molecular weight is 237 g/mol. The van der Waals surface area contributed by atoms with E-state index in [0.29, 0.717) is 11.6 Å². The van der Waals surface area contributed by atoms with Crippen LogP contribution in [-0.4, -0.2) is 42.1 Å². The summed E-state index contributed by atoms with van der Waals surface area (Å²) in [6.07, 6.45) is 0. The van der Waals surface area contributed by atoms with Crippen LogP contribution in [0.5, 0.6) is 0 Å². The molecule has 0 radical (unpaired) electrons. The third-order valence-corrected chi connectivity index (χ3v) is 2.35. The molecule has 1 heterocycles. The smallest absolute Gasteiger partial charge is 0.131 e. The van der Waals surface area contributed by atoms with Crippen LogP contribution in [0.4, 0.5) is 11.6 Å². The molecule has 0 aromatic carbocycles. The minimum Gasteiger partial charge on any atom is -0.384 e. The lowest BCUT2D eigenvalue weighted by molar-refractivity contribution is 0.254. The minimum atomic E-state index is 0.178. The molecule has 1 rings (SSSR count). The van der Waals surface area contributed by atoms with E-state index in [2.05, 4.69) is 48.1 Å². The topological polar surface area (TPSA) is 67.1 Å². The van der Waals surface area contributed by atoms with Crippen molar-refractivity contribution in [1.29, 1.82) is 0 Å². The summed E-state index contributed by atoms with van der Waals surface area (Å²) in [6, 6.07) is 1.76. The van der Waals surface area contributed by atoms with Gasteiger partial charge in [-0.1, -0.05) is 13.8 Å². The van der Waals surface area contributed by atoms with Gasteiger partial charge in [-0.3, -0.25) is 0 Å². The highest BCUT2D eigenvalue weighted by molar-refractivity contribution is 5.44. The molecule has 0 aliphatic carbocycles. The molecular formula is C12H23N5. The number of aromatic nitrogens is 2. The Hall–Kier alpha value is -1.36. The van der Waals surface area contributed by atoms with Gasteiger partial charge in [0.1, 0.15) is 17.5 Å². The van der Waals surface area contributed by atoms with E-state index in [4.69, 9.17) is 5.73 Å². The fourth-order valence-electron chi connectivity index (χ4n) is 1.92. The maximum Gasteiger partial charge on any atom is 0.131 e. The van der Waals surface area contributed by atoms with Crippen molar-refractivity contribution in [3.63, 3.8) is 0 Å². The molecule has 0 spiro atoms. The van der Waals surface area contributed by atoms with E-state index in [-0.39, 0.29) is 5.41 Å². The number of rotatable bonds is 5. The number of nitrogens with one attached hydrogen (secondary N) is 1. The number of anilines is 2. The third kappa shape index (κ3) is 4.99. The minimum absolute atomic E-state index is 0.178. The maximum atomic E-state index is 5.68. The molecule has 0 fully saturated rings. The Bertz CT molecular complexity index is 353. The van der Waals surface area contributed by atoms with E-state index in [0.717, 1.165) is 18.9 Å². The van der Waals surface area contributed by atoms with Crippen molar-refractivity contribution in [2.24, 2.45) is 5.41 Å². The van der Waals surface area contributed by atoms with Crippen molar-refractivity contribution in [1.82, 2.24) is 14.9 Å². The predicted octanol–water partition coefficient (Wildman–Crippen LogP) is 1.37. The summed E-state index contributed by atoms with van der Waals surface area (Å²) in [7, 11) is 4.16. The van der Waals surface area contributed by atoms with Crippen LogP contribution < -0.4 is 11.1 Å². The molecule has 0 saturated heterocycles. The molecule has 0 aliphatic heterocycles. The number of nitrogens with two attached hydrogens (primary N) is 1. The summed E-state index contributed by atoms with van der Waals surface area (Å²) in [5, 5.41) is 3.31. The average Bonchev–Trinajstić information content (AvgIpc) is 2.11. The van der Waals surface area contributed by atoms with Crippen molar-refractivity contribution in [2.45, 2.75) is 20.8 Å². The number of nitrogens with zero attached hydrogens (tertiary/aromatic N) is 3. The zero-order valence-electron chi connectivity index (χ0n) is 11.4. The largest absolute Gasteiger partial charge is 0.384 e. The maximum absolute atomic E-state index is 5.68. The normalized spacial score (nSPS) is 11.9. The van der Waals surface area contributed by atoms with Gasteiger partial charge in [0.2, 0.25) is 0 Å². The first-order valence-corrected chi connectivity index (χ1v) is 5.78. The predicted molar refractivity (Wildman–Crippen MR) is 72.0 cm³/mol. The molecule has 5 heteroatoms. The van der Waals surface area contributed by atoms with Crippen molar-refractivity contribution >= 4 is 11.6 Å². The molecule has 0 unspecified atom stereocenters. The Labute approximate surface area is 103 Å². The van der Waals surface area contributed by atoms with Crippen LogP contribution in [0.2, 0.25) is 0 Å². The summed E-state index contributed by atoms with van der Waals surface area (Å²) in [4.78, 5) is 10.5. The van der Waals surface area contributed by atoms with Gasteiger partial charge in [0, 0.05) is 19.2 Å². The van der Waals surface area contributed by atoms with Crippen LogP contribution in [0.15, 0.2) is 6.07 Å². The highest BCUT2D eigenvalue weighted by atomic mass is 15.1. The number of nitrogen functional groups attached to an aromatic ring is 1. The van der Waals surface area contributed by atoms with Gasteiger partial charge in [0.05, 0.1) is 0 Å². The van der Waals surface area contributed by atoms with Crippen molar-refractivity contribution in [3.05, 3.63) is 11.9 Å². The van der Waals surface area contributed by atoms with Gasteiger partial charge in [-0.15, -0.1) is 0 Å². The zero-order valence-corrected chi connectivity index (χ0v) is 11.4. The Kier molecular flexibility index (Phi) is 4.28. The summed E-state index contributed by atoms with van der Waals surface area (Å²) in [5.74, 6) is 1.99.